The van der Waals surface area contributed by atoms with Crippen molar-refractivity contribution in [3.63, 3.8) is 0 Å². The maximum atomic E-state index is 13.2. The fourth-order valence-electron chi connectivity index (χ4n) is 2.85. The molecule has 0 radical (unpaired) electrons. The molecule has 0 atom stereocenters. The Morgan fingerprint density at radius 1 is 1.00 bits per heavy atom. The number of nitrogens with one attached hydrogen (secondary N) is 1. The lowest BCUT2D eigenvalue weighted by molar-refractivity contribution is 0.0943. The van der Waals surface area contributed by atoms with E-state index in [9.17, 15) is 9.18 Å². The second kappa shape index (κ2) is 9.56. The molecule has 3 heterocycles. The molecule has 1 aromatic carbocycles. The normalized spacial score (nSPS) is 10.8. The Bertz CT molecular complexity index is 1280. The third kappa shape index (κ3) is 5.02. The van der Waals surface area contributed by atoms with E-state index in [1.54, 1.807) is 41.1 Å². The van der Waals surface area contributed by atoms with E-state index in [1.165, 1.54) is 30.6 Å². The lowest BCUT2D eigenvalue weighted by Gasteiger charge is -2.11. The van der Waals surface area contributed by atoms with E-state index in [2.05, 4.69) is 15.3 Å². The van der Waals surface area contributed by atoms with Crippen LogP contribution in [0.1, 0.15) is 16.2 Å². The Kier molecular flexibility index (Phi) is 6.60. The van der Waals surface area contributed by atoms with Crippen molar-refractivity contribution < 1.29 is 13.9 Å². The molecule has 0 aliphatic rings. The van der Waals surface area contributed by atoms with Gasteiger partial charge in [-0.1, -0.05) is 34.8 Å². The second-order valence-corrected chi connectivity index (χ2v) is 7.82. The summed E-state index contributed by atoms with van der Waals surface area (Å²) in [6.45, 7) is 0.189. The van der Waals surface area contributed by atoms with Gasteiger partial charge in [0.25, 0.3) is 5.91 Å². The van der Waals surface area contributed by atoms with Gasteiger partial charge in [0.15, 0.2) is 5.82 Å². The van der Waals surface area contributed by atoms with Gasteiger partial charge < -0.3 is 10.1 Å². The minimum absolute atomic E-state index is 0.0327. The van der Waals surface area contributed by atoms with Gasteiger partial charge in [0.05, 0.1) is 33.5 Å². The Hall–Kier alpha value is -3.13. The highest BCUT2D eigenvalue weighted by Crippen LogP contribution is 2.26. The molecule has 0 saturated heterocycles. The van der Waals surface area contributed by atoms with Crippen LogP contribution in [0.2, 0.25) is 15.1 Å². The van der Waals surface area contributed by atoms with Crippen molar-refractivity contribution in [2.45, 2.75) is 6.54 Å². The van der Waals surface area contributed by atoms with Gasteiger partial charge in [-0.15, -0.1) is 0 Å². The minimum Gasteiger partial charge on any atom is -0.456 e. The van der Waals surface area contributed by atoms with Gasteiger partial charge in [-0.25, -0.2) is 9.37 Å². The number of carbonyl (C=O) groups is 1. The maximum Gasteiger partial charge on any atom is 0.268 e. The third-order valence-corrected chi connectivity index (χ3v) is 5.13. The van der Waals surface area contributed by atoms with E-state index in [0.29, 0.717) is 38.8 Å². The zero-order chi connectivity index (χ0) is 22.7. The van der Waals surface area contributed by atoms with Crippen LogP contribution in [0.3, 0.4) is 0 Å². The Morgan fingerprint density at radius 2 is 1.81 bits per heavy atom. The van der Waals surface area contributed by atoms with E-state index in [0.717, 1.165) is 0 Å². The van der Waals surface area contributed by atoms with E-state index in [4.69, 9.17) is 39.5 Å². The highest BCUT2D eigenvalue weighted by Gasteiger charge is 2.15. The van der Waals surface area contributed by atoms with Gasteiger partial charge in [0.2, 0.25) is 0 Å². The fourth-order valence-corrected chi connectivity index (χ4v) is 3.49. The first kappa shape index (κ1) is 22.1. The lowest BCUT2D eigenvalue weighted by atomic mass is 10.3. The van der Waals surface area contributed by atoms with Crippen molar-refractivity contribution in [1.29, 1.82) is 0 Å². The molecule has 0 aliphatic heterocycles. The number of nitrogens with zero attached hydrogens (tertiary/aromatic N) is 3. The first-order valence-electron chi connectivity index (χ1n) is 9.25. The molecule has 1 amide bonds. The Labute approximate surface area is 197 Å². The zero-order valence-electron chi connectivity index (χ0n) is 16.2. The van der Waals surface area contributed by atoms with Gasteiger partial charge in [0.1, 0.15) is 23.0 Å². The monoisotopic (exact) mass is 490 g/mol. The molecule has 0 saturated carbocycles. The number of halogens is 4. The zero-order valence-corrected chi connectivity index (χ0v) is 18.5. The van der Waals surface area contributed by atoms with Gasteiger partial charge in [-0.05, 0) is 42.5 Å². The van der Waals surface area contributed by atoms with Crippen molar-refractivity contribution in [3.8, 4) is 17.3 Å². The van der Waals surface area contributed by atoms with Crippen LogP contribution in [0.5, 0.6) is 11.5 Å². The van der Waals surface area contributed by atoms with Gasteiger partial charge in [-0.3, -0.25) is 14.3 Å². The predicted octanol–water partition coefficient (Wildman–Crippen LogP) is 6.09. The smallest absolute Gasteiger partial charge is 0.268 e. The molecular weight excluding hydrogens is 478 g/mol. The van der Waals surface area contributed by atoms with Crippen LogP contribution >= 0.6 is 34.8 Å². The molecule has 0 spiro atoms. The largest absolute Gasteiger partial charge is 0.456 e. The average Bonchev–Trinajstić information content (AvgIpc) is 3.25. The second-order valence-electron chi connectivity index (χ2n) is 6.57. The summed E-state index contributed by atoms with van der Waals surface area (Å²) in [5, 5.41) is 3.50. The van der Waals surface area contributed by atoms with Crippen molar-refractivity contribution in [2.75, 3.05) is 0 Å². The maximum absolute atomic E-state index is 13.2. The molecule has 3 aromatic heterocycles. The third-order valence-electron chi connectivity index (χ3n) is 4.35. The highest BCUT2D eigenvalue weighted by atomic mass is 35.5. The number of rotatable bonds is 6. The van der Waals surface area contributed by atoms with Gasteiger partial charge in [-0.2, -0.15) is 0 Å². The van der Waals surface area contributed by atoms with Crippen molar-refractivity contribution in [1.82, 2.24) is 19.9 Å². The number of amides is 1. The molecule has 32 heavy (non-hydrogen) atoms. The van der Waals surface area contributed by atoms with Crippen molar-refractivity contribution >= 4 is 40.7 Å². The molecule has 0 unspecified atom stereocenters. The number of carbonyl (C=O) groups excluding carboxylic acids is 1. The number of hydrogen-bond donors (Lipinski definition) is 1. The predicted molar refractivity (Wildman–Crippen MR) is 120 cm³/mol. The first-order valence-corrected chi connectivity index (χ1v) is 10.4. The first-order chi connectivity index (χ1) is 15.4. The fraction of sp³-hybridized carbons (Fsp3) is 0.0455. The van der Waals surface area contributed by atoms with Crippen molar-refractivity contribution in [3.05, 3.63) is 99.4 Å². The summed E-state index contributed by atoms with van der Waals surface area (Å²) in [6.07, 6.45) is 4.64. The molecule has 1 N–H and O–H groups in total. The SMILES string of the molecule is O=C(NCc1ccc(Oc2ccc(F)c(Cl)c2)cn1)c1cccn1-c1ncc(Cl)cc1Cl. The molecule has 0 bridgehead atoms. The average molecular weight is 492 g/mol. The topological polar surface area (TPSA) is 69.0 Å². The van der Waals surface area contributed by atoms with E-state index in [1.807, 2.05) is 0 Å². The molecule has 4 aromatic rings. The van der Waals surface area contributed by atoms with Crippen LogP contribution in [0.25, 0.3) is 5.82 Å². The lowest BCUT2D eigenvalue weighted by Crippen LogP contribution is -2.25. The summed E-state index contributed by atoms with van der Waals surface area (Å²) < 4.78 is 20.4. The molecule has 4 rings (SSSR count). The number of pyridine rings is 2. The number of ether oxygens (including phenoxy) is 1. The van der Waals surface area contributed by atoms with Crippen molar-refractivity contribution in [2.24, 2.45) is 0 Å². The Balaban J connectivity index is 1.40. The number of benzene rings is 1. The summed E-state index contributed by atoms with van der Waals surface area (Å²) in [7, 11) is 0. The Morgan fingerprint density at radius 3 is 2.53 bits per heavy atom. The molecular formula is C22H14Cl3FN4O2. The summed E-state index contributed by atoms with van der Waals surface area (Å²) in [6, 6.07) is 12.4. The summed E-state index contributed by atoms with van der Waals surface area (Å²) >= 11 is 17.9. The molecule has 10 heteroatoms. The standard InChI is InChI=1S/C22H14Cl3FN4O2/c23-13-8-18(25)21(28-10-13)30-7-1-2-20(30)22(31)29-11-14-3-4-16(12-27-14)32-15-5-6-19(26)17(24)9-15/h1-10,12H,11H2,(H,29,31). The van der Waals surface area contributed by atoms with E-state index < -0.39 is 5.82 Å². The summed E-state index contributed by atoms with van der Waals surface area (Å²) in [5.41, 5.74) is 0.971. The minimum atomic E-state index is -0.525. The van der Waals surface area contributed by atoms with E-state index >= 15 is 0 Å². The molecule has 0 fully saturated rings. The quantitative estimate of drug-likeness (QED) is 0.354. The van der Waals surface area contributed by atoms with Crippen LogP contribution in [0.4, 0.5) is 4.39 Å². The van der Waals surface area contributed by atoms with Gasteiger partial charge in [0, 0.05) is 18.5 Å². The summed E-state index contributed by atoms with van der Waals surface area (Å²) in [4.78, 5) is 21.2. The van der Waals surface area contributed by atoms with Crippen LogP contribution < -0.4 is 10.1 Å². The molecule has 6 nitrogen and oxygen atoms in total. The number of hydrogen-bond acceptors (Lipinski definition) is 4. The summed E-state index contributed by atoms with van der Waals surface area (Å²) in [5.74, 6) is 0.371. The van der Waals surface area contributed by atoms with Crippen LogP contribution in [0, 0.1) is 5.82 Å². The molecule has 162 valence electrons. The van der Waals surface area contributed by atoms with Crippen LogP contribution in [-0.2, 0) is 6.54 Å². The molecule has 0 aliphatic carbocycles. The van der Waals surface area contributed by atoms with Crippen LogP contribution in [0.15, 0.2) is 67.1 Å². The number of aromatic nitrogens is 3. The van der Waals surface area contributed by atoms with E-state index in [-0.39, 0.29) is 17.5 Å². The highest BCUT2D eigenvalue weighted by molar-refractivity contribution is 6.35. The van der Waals surface area contributed by atoms with Crippen LogP contribution in [-0.4, -0.2) is 20.4 Å². The van der Waals surface area contributed by atoms with Gasteiger partial charge >= 0.3 is 0 Å².